The van der Waals surface area contributed by atoms with Crippen molar-refractivity contribution in [2.45, 2.75) is 13.3 Å². The molecule has 1 amide bonds. The van der Waals surface area contributed by atoms with E-state index in [1.165, 1.54) is 5.69 Å². The average molecular weight is 374 g/mol. The van der Waals surface area contributed by atoms with Crippen LogP contribution in [-0.4, -0.2) is 44.1 Å². The van der Waals surface area contributed by atoms with E-state index in [2.05, 4.69) is 45.7 Å². The van der Waals surface area contributed by atoms with E-state index in [9.17, 15) is 4.79 Å². The SMILES string of the molecule is CCC(=O)N1CCN(c2ccc(I)c(OC)c2)CC1. The van der Waals surface area contributed by atoms with E-state index < -0.39 is 0 Å². The normalized spacial score (nSPS) is 15.5. The van der Waals surface area contributed by atoms with Gasteiger partial charge in [0.2, 0.25) is 5.91 Å². The largest absolute Gasteiger partial charge is 0.496 e. The van der Waals surface area contributed by atoms with Crippen molar-refractivity contribution >= 4 is 34.2 Å². The molecule has 0 spiro atoms. The fourth-order valence-corrected chi connectivity index (χ4v) is 2.84. The van der Waals surface area contributed by atoms with Crippen molar-refractivity contribution in [3.8, 4) is 5.75 Å². The molecule has 0 aromatic heterocycles. The third-order valence-electron chi connectivity index (χ3n) is 3.43. The first-order valence-corrected chi connectivity index (χ1v) is 7.60. The van der Waals surface area contributed by atoms with Gasteiger partial charge in [0.15, 0.2) is 0 Å². The third-order valence-corrected chi connectivity index (χ3v) is 4.33. The smallest absolute Gasteiger partial charge is 0.222 e. The molecule has 0 atom stereocenters. The number of halogens is 1. The highest BCUT2D eigenvalue weighted by Gasteiger charge is 2.20. The van der Waals surface area contributed by atoms with Gasteiger partial charge in [-0.25, -0.2) is 0 Å². The van der Waals surface area contributed by atoms with Crippen LogP contribution in [0.5, 0.6) is 5.75 Å². The van der Waals surface area contributed by atoms with Crippen molar-refractivity contribution in [1.29, 1.82) is 0 Å². The number of methoxy groups -OCH3 is 1. The molecule has 1 fully saturated rings. The zero-order chi connectivity index (χ0) is 13.8. The quantitative estimate of drug-likeness (QED) is 0.762. The summed E-state index contributed by atoms with van der Waals surface area (Å²) in [6.07, 6.45) is 0.595. The highest BCUT2D eigenvalue weighted by atomic mass is 127. The molecule has 19 heavy (non-hydrogen) atoms. The molecule has 0 radical (unpaired) electrons. The number of rotatable bonds is 3. The van der Waals surface area contributed by atoms with Crippen LogP contribution in [0.25, 0.3) is 0 Å². The van der Waals surface area contributed by atoms with Gasteiger partial charge in [-0.1, -0.05) is 6.92 Å². The van der Waals surface area contributed by atoms with E-state index in [1.54, 1.807) is 7.11 Å². The topological polar surface area (TPSA) is 32.8 Å². The standard InChI is InChI=1S/C14H19IN2O2/c1-3-14(18)17-8-6-16(7-9-17)11-4-5-12(15)13(10-11)19-2/h4-5,10H,3,6-9H2,1-2H3. The van der Waals surface area contributed by atoms with Gasteiger partial charge in [-0.15, -0.1) is 0 Å². The third kappa shape index (κ3) is 3.32. The van der Waals surface area contributed by atoms with Crippen LogP contribution in [0.1, 0.15) is 13.3 Å². The lowest BCUT2D eigenvalue weighted by atomic mass is 10.2. The van der Waals surface area contributed by atoms with Gasteiger partial charge in [-0.3, -0.25) is 4.79 Å². The number of piperazine rings is 1. The highest BCUT2D eigenvalue weighted by molar-refractivity contribution is 14.1. The molecular formula is C14H19IN2O2. The molecule has 4 nitrogen and oxygen atoms in total. The highest BCUT2D eigenvalue weighted by Crippen LogP contribution is 2.27. The second-order valence-corrected chi connectivity index (χ2v) is 5.70. The minimum atomic E-state index is 0.250. The first-order chi connectivity index (χ1) is 9.15. The Morgan fingerprint density at radius 1 is 1.32 bits per heavy atom. The summed E-state index contributed by atoms with van der Waals surface area (Å²) < 4.78 is 6.47. The molecule has 104 valence electrons. The van der Waals surface area contributed by atoms with E-state index in [0.717, 1.165) is 35.5 Å². The van der Waals surface area contributed by atoms with Gasteiger partial charge in [0.1, 0.15) is 5.75 Å². The van der Waals surface area contributed by atoms with E-state index in [1.807, 2.05) is 11.8 Å². The van der Waals surface area contributed by atoms with Gasteiger partial charge < -0.3 is 14.5 Å². The number of amides is 1. The van der Waals surface area contributed by atoms with E-state index >= 15 is 0 Å². The Labute approximate surface area is 127 Å². The summed E-state index contributed by atoms with van der Waals surface area (Å²) in [4.78, 5) is 15.9. The number of carbonyl (C=O) groups is 1. The maximum atomic E-state index is 11.6. The Morgan fingerprint density at radius 3 is 2.58 bits per heavy atom. The van der Waals surface area contributed by atoms with E-state index in [0.29, 0.717) is 6.42 Å². The van der Waals surface area contributed by atoms with Crippen LogP contribution in [0.3, 0.4) is 0 Å². The number of nitrogens with zero attached hydrogens (tertiary/aromatic N) is 2. The van der Waals surface area contributed by atoms with E-state index in [4.69, 9.17) is 4.74 Å². The molecule has 1 aliphatic rings. The van der Waals surface area contributed by atoms with Crippen LogP contribution >= 0.6 is 22.6 Å². The Hall–Kier alpha value is -0.980. The van der Waals surface area contributed by atoms with Crippen LogP contribution in [0.4, 0.5) is 5.69 Å². The molecule has 0 bridgehead atoms. The molecule has 5 heteroatoms. The van der Waals surface area contributed by atoms with Crippen molar-refractivity contribution in [3.63, 3.8) is 0 Å². The molecule has 0 saturated carbocycles. The summed E-state index contributed by atoms with van der Waals surface area (Å²) in [7, 11) is 1.69. The van der Waals surface area contributed by atoms with Crippen molar-refractivity contribution < 1.29 is 9.53 Å². The van der Waals surface area contributed by atoms with E-state index in [-0.39, 0.29) is 5.91 Å². The lowest BCUT2D eigenvalue weighted by molar-refractivity contribution is -0.131. The number of ether oxygens (including phenoxy) is 1. The molecule has 1 saturated heterocycles. The molecule has 0 N–H and O–H groups in total. The molecule has 1 aromatic rings. The Morgan fingerprint density at radius 2 is 2.00 bits per heavy atom. The van der Waals surface area contributed by atoms with Crippen molar-refractivity contribution in [2.24, 2.45) is 0 Å². The van der Waals surface area contributed by atoms with Gasteiger partial charge in [-0.05, 0) is 34.7 Å². The summed E-state index contributed by atoms with van der Waals surface area (Å²) in [5.74, 6) is 1.16. The summed E-state index contributed by atoms with van der Waals surface area (Å²) in [6, 6.07) is 6.25. The predicted octanol–water partition coefficient (Wildman–Crippen LogP) is 2.36. The number of hydrogen-bond acceptors (Lipinski definition) is 3. The lowest BCUT2D eigenvalue weighted by Crippen LogP contribution is -2.48. The van der Waals surface area contributed by atoms with Crippen molar-refractivity contribution in [3.05, 3.63) is 21.8 Å². The first-order valence-electron chi connectivity index (χ1n) is 6.52. The Bertz CT molecular complexity index is 457. The Balaban J connectivity index is 2.03. The number of anilines is 1. The van der Waals surface area contributed by atoms with Crippen LogP contribution in [0.15, 0.2) is 18.2 Å². The van der Waals surface area contributed by atoms with Gasteiger partial charge in [-0.2, -0.15) is 0 Å². The predicted molar refractivity (Wildman–Crippen MR) is 84.8 cm³/mol. The fraction of sp³-hybridized carbons (Fsp3) is 0.500. The van der Waals surface area contributed by atoms with Crippen LogP contribution < -0.4 is 9.64 Å². The van der Waals surface area contributed by atoms with Crippen LogP contribution in [0.2, 0.25) is 0 Å². The molecule has 0 aliphatic carbocycles. The second kappa shape index (κ2) is 6.45. The summed E-state index contributed by atoms with van der Waals surface area (Å²) in [5.41, 5.74) is 1.17. The fourth-order valence-electron chi connectivity index (χ4n) is 2.28. The number of hydrogen-bond donors (Lipinski definition) is 0. The maximum absolute atomic E-state index is 11.6. The Kier molecular flexibility index (Phi) is 4.90. The summed E-state index contributed by atoms with van der Waals surface area (Å²) in [6.45, 7) is 5.30. The average Bonchev–Trinajstić information content (AvgIpc) is 2.47. The van der Waals surface area contributed by atoms with Gasteiger partial charge in [0.05, 0.1) is 10.7 Å². The number of benzene rings is 1. The number of carbonyl (C=O) groups excluding carboxylic acids is 1. The zero-order valence-corrected chi connectivity index (χ0v) is 13.5. The van der Waals surface area contributed by atoms with Crippen molar-refractivity contribution in [1.82, 2.24) is 4.90 Å². The van der Waals surface area contributed by atoms with Gasteiger partial charge in [0.25, 0.3) is 0 Å². The molecule has 1 heterocycles. The monoisotopic (exact) mass is 374 g/mol. The molecule has 1 aromatic carbocycles. The molecule has 0 unspecified atom stereocenters. The molecule has 1 aliphatic heterocycles. The van der Waals surface area contributed by atoms with Crippen LogP contribution in [0, 0.1) is 3.57 Å². The van der Waals surface area contributed by atoms with Gasteiger partial charge >= 0.3 is 0 Å². The minimum Gasteiger partial charge on any atom is -0.496 e. The molecule has 2 rings (SSSR count). The maximum Gasteiger partial charge on any atom is 0.222 e. The van der Waals surface area contributed by atoms with Crippen LogP contribution in [-0.2, 0) is 4.79 Å². The summed E-state index contributed by atoms with van der Waals surface area (Å²) >= 11 is 2.27. The minimum absolute atomic E-state index is 0.250. The van der Waals surface area contributed by atoms with Crippen molar-refractivity contribution in [2.75, 3.05) is 38.2 Å². The second-order valence-electron chi connectivity index (χ2n) is 4.54. The first kappa shape index (κ1) is 14.4. The zero-order valence-electron chi connectivity index (χ0n) is 11.4. The molecular weight excluding hydrogens is 355 g/mol. The summed E-state index contributed by atoms with van der Waals surface area (Å²) in [5, 5.41) is 0. The lowest BCUT2D eigenvalue weighted by Gasteiger charge is -2.36. The van der Waals surface area contributed by atoms with Gasteiger partial charge in [0, 0.05) is 44.4 Å².